The lowest BCUT2D eigenvalue weighted by molar-refractivity contribution is -0.114. The number of carbonyl (C=O) groups excluding carboxylic acids is 1. The lowest BCUT2D eigenvalue weighted by Gasteiger charge is -2.22. The fourth-order valence-corrected chi connectivity index (χ4v) is 3.33. The quantitative estimate of drug-likeness (QED) is 0.623. The minimum atomic E-state index is -0.0495. The molecule has 5 heteroatoms. The monoisotopic (exact) mass is 382 g/mol. The van der Waals surface area contributed by atoms with Gasteiger partial charge in [-0.3, -0.25) is 4.79 Å². The zero-order valence-electron chi connectivity index (χ0n) is 17.9. The Balaban J connectivity index is 1.92. The van der Waals surface area contributed by atoms with Crippen LogP contribution >= 0.6 is 0 Å². The van der Waals surface area contributed by atoms with Crippen LogP contribution in [-0.2, 0) is 4.79 Å². The van der Waals surface area contributed by atoms with Gasteiger partial charge in [-0.15, -0.1) is 0 Å². The van der Waals surface area contributed by atoms with Crippen LogP contribution in [0.5, 0.6) is 0 Å². The van der Waals surface area contributed by atoms with Crippen molar-refractivity contribution in [3.63, 3.8) is 0 Å². The highest BCUT2D eigenvalue weighted by Crippen LogP contribution is 2.23. The first-order valence-corrected chi connectivity index (χ1v) is 10.3. The van der Waals surface area contributed by atoms with Crippen molar-refractivity contribution in [1.82, 2.24) is 0 Å². The molecule has 1 amide bonds. The molecular formula is C23H34N4O. The molecule has 0 aliphatic rings. The third kappa shape index (κ3) is 5.65. The van der Waals surface area contributed by atoms with E-state index in [-0.39, 0.29) is 12.5 Å². The molecule has 0 unspecified atom stereocenters. The van der Waals surface area contributed by atoms with E-state index in [0.717, 1.165) is 43.1 Å². The number of carbonyl (C=O) groups is 1. The minimum absolute atomic E-state index is 0.0495. The molecule has 0 heterocycles. The summed E-state index contributed by atoms with van der Waals surface area (Å²) in [6.07, 6.45) is 0. The number of hydrogen-bond donors (Lipinski definition) is 2. The summed E-state index contributed by atoms with van der Waals surface area (Å²) in [5, 5.41) is 6.20. The first kappa shape index (κ1) is 21.6. The third-order valence-electron chi connectivity index (χ3n) is 5.06. The topological polar surface area (TPSA) is 47.6 Å². The van der Waals surface area contributed by atoms with E-state index in [1.54, 1.807) is 0 Å². The second kappa shape index (κ2) is 10.6. The minimum Gasteiger partial charge on any atom is -0.376 e. The SMILES string of the molecule is CCN(CC)c1ccc(NCC(=O)Nc2ccc(N(CC)CC)cc2C)cc1. The first-order valence-electron chi connectivity index (χ1n) is 10.3. The Morgan fingerprint density at radius 2 is 1.36 bits per heavy atom. The number of aryl methyl sites for hydroxylation is 1. The predicted molar refractivity (Wildman–Crippen MR) is 122 cm³/mol. The van der Waals surface area contributed by atoms with Gasteiger partial charge in [0, 0.05) is 48.9 Å². The van der Waals surface area contributed by atoms with Gasteiger partial charge in [0.1, 0.15) is 0 Å². The molecule has 5 nitrogen and oxygen atoms in total. The fraction of sp³-hybridized carbons (Fsp3) is 0.435. The van der Waals surface area contributed by atoms with Gasteiger partial charge < -0.3 is 20.4 Å². The molecule has 2 rings (SSSR count). The van der Waals surface area contributed by atoms with Crippen LogP contribution in [-0.4, -0.2) is 38.6 Å². The summed E-state index contributed by atoms with van der Waals surface area (Å²) in [5.74, 6) is -0.0495. The average molecular weight is 383 g/mol. The Morgan fingerprint density at radius 1 is 0.821 bits per heavy atom. The van der Waals surface area contributed by atoms with E-state index in [1.807, 2.05) is 25.1 Å². The van der Waals surface area contributed by atoms with Gasteiger partial charge in [0.15, 0.2) is 0 Å². The molecule has 0 aliphatic carbocycles. The van der Waals surface area contributed by atoms with E-state index in [2.05, 4.69) is 72.4 Å². The molecule has 0 saturated carbocycles. The molecule has 2 aromatic carbocycles. The summed E-state index contributed by atoms with van der Waals surface area (Å²) in [6, 6.07) is 14.4. The molecule has 28 heavy (non-hydrogen) atoms. The van der Waals surface area contributed by atoms with Crippen molar-refractivity contribution in [2.75, 3.05) is 53.2 Å². The fourth-order valence-electron chi connectivity index (χ4n) is 3.33. The highest BCUT2D eigenvalue weighted by atomic mass is 16.1. The maximum Gasteiger partial charge on any atom is 0.243 e. The normalized spacial score (nSPS) is 10.5. The number of anilines is 4. The molecule has 0 radical (unpaired) electrons. The Hall–Kier alpha value is -2.69. The molecule has 0 fully saturated rings. The average Bonchev–Trinajstić information content (AvgIpc) is 2.71. The third-order valence-corrected chi connectivity index (χ3v) is 5.06. The summed E-state index contributed by atoms with van der Waals surface area (Å²) in [7, 11) is 0. The molecule has 0 aromatic heterocycles. The Morgan fingerprint density at radius 3 is 1.89 bits per heavy atom. The van der Waals surface area contributed by atoms with Crippen LogP contribution in [0.4, 0.5) is 22.7 Å². The van der Waals surface area contributed by atoms with E-state index < -0.39 is 0 Å². The molecule has 0 aliphatic heterocycles. The van der Waals surface area contributed by atoms with Crippen LogP contribution in [0.3, 0.4) is 0 Å². The summed E-state index contributed by atoms with van der Waals surface area (Å²) < 4.78 is 0. The zero-order chi connectivity index (χ0) is 20.5. The van der Waals surface area contributed by atoms with Gasteiger partial charge in [0.2, 0.25) is 5.91 Å². The van der Waals surface area contributed by atoms with Gasteiger partial charge in [0.05, 0.1) is 6.54 Å². The molecule has 0 saturated heterocycles. The van der Waals surface area contributed by atoms with E-state index >= 15 is 0 Å². The van der Waals surface area contributed by atoms with Crippen LogP contribution < -0.4 is 20.4 Å². The maximum absolute atomic E-state index is 12.3. The number of hydrogen-bond acceptors (Lipinski definition) is 4. The van der Waals surface area contributed by atoms with Crippen molar-refractivity contribution in [3.8, 4) is 0 Å². The highest BCUT2D eigenvalue weighted by Gasteiger charge is 2.08. The van der Waals surface area contributed by atoms with Gasteiger partial charge in [0.25, 0.3) is 0 Å². The van der Waals surface area contributed by atoms with Crippen molar-refractivity contribution < 1.29 is 4.79 Å². The number of nitrogens with zero attached hydrogens (tertiary/aromatic N) is 2. The summed E-state index contributed by atoms with van der Waals surface area (Å²) >= 11 is 0. The largest absolute Gasteiger partial charge is 0.376 e. The van der Waals surface area contributed by atoms with Gasteiger partial charge in [-0.1, -0.05) is 0 Å². The molecule has 2 aromatic rings. The number of rotatable bonds is 10. The second-order valence-corrected chi connectivity index (χ2v) is 6.79. The summed E-state index contributed by atoms with van der Waals surface area (Å²) in [5.41, 5.74) is 5.26. The van der Waals surface area contributed by atoms with Crippen LogP contribution in [0.25, 0.3) is 0 Å². The smallest absolute Gasteiger partial charge is 0.243 e. The Labute approximate surface area is 169 Å². The molecule has 0 atom stereocenters. The van der Waals surface area contributed by atoms with Gasteiger partial charge >= 0.3 is 0 Å². The van der Waals surface area contributed by atoms with Crippen molar-refractivity contribution in [1.29, 1.82) is 0 Å². The van der Waals surface area contributed by atoms with Gasteiger partial charge in [-0.2, -0.15) is 0 Å². The zero-order valence-corrected chi connectivity index (χ0v) is 17.9. The lowest BCUT2D eigenvalue weighted by Crippen LogP contribution is -2.23. The Bertz CT molecular complexity index is 750. The van der Waals surface area contributed by atoms with Crippen molar-refractivity contribution in [3.05, 3.63) is 48.0 Å². The van der Waals surface area contributed by atoms with E-state index in [1.165, 1.54) is 11.4 Å². The lowest BCUT2D eigenvalue weighted by atomic mass is 10.1. The van der Waals surface area contributed by atoms with Crippen molar-refractivity contribution >= 4 is 28.7 Å². The van der Waals surface area contributed by atoms with Crippen LogP contribution in [0, 0.1) is 6.92 Å². The van der Waals surface area contributed by atoms with Crippen LogP contribution in [0.1, 0.15) is 33.3 Å². The summed E-state index contributed by atoms with van der Waals surface area (Å²) in [6.45, 7) is 14.8. The molecule has 2 N–H and O–H groups in total. The maximum atomic E-state index is 12.3. The van der Waals surface area contributed by atoms with E-state index in [4.69, 9.17) is 0 Å². The number of nitrogens with one attached hydrogen (secondary N) is 2. The van der Waals surface area contributed by atoms with Crippen LogP contribution in [0.15, 0.2) is 42.5 Å². The molecule has 0 spiro atoms. The summed E-state index contributed by atoms with van der Waals surface area (Å²) in [4.78, 5) is 16.9. The second-order valence-electron chi connectivity index (χ2n) is 6.79. The van der Waals surface area contributed by atoms with Crippen LogP contribution in [0.2, 0.25) is 0 Å². The molecule has 0 bridgehead atoms. The standard InChI is InChI=1S/C23H34N4O/c1-6-26(7-2)20-12-10-19(11-13-20)24-17-23(28)25-22-15-14-21(16-18(22)5)27(8-3)9-4/h10-16,24H,6-9,17H2,1-5H3,(H,25,28). The molecule has 152 valence electrons. The Kier molecular flexibility index (Phi) is 8.18. The number of amides is 1. The van der Waals surface area contributed by atoms with Crippen molar-refractivity contribution in [2.24, 2.45) is 0 Å². The van der Waals surface area contributed by atoms with Gasteiger partial charge in [-0.25, -0.2) is 0 Å². The van der Waals surface area contributed by atoms with E-state index in [0.29, 0.717) is 0 Å². The van der Waals surface area contributed by atoms with Gasteiger partial charge in [-0.05, 0) is 82.6 Å². The first-order chi connectivity index (χ1) is 13.5. The van der Waals surface area contributed by atoms with Crippen molar-refractivity contribution in [2.45, 2.75) is 34.6 Å². The number of benzene rings is 2. The predicted octanol–water partition coefficient (Wildman–Crippen LogP) is 4.74. The van der Waals surface area contributed by atoms with E-state index in [9.17, 15) is 4.79 Å². The molecular weight excluding hydrogens is 348 g/mol. The highest BCUT2D eigenvalue weighted by molar-refractivity contribution is 5.94.